The molecular weight excluding hydrogens is 557 g/mol. The van der Waals surface area contributed by atoms with Gasteiger partial charge < -0.3 is 30.1 Å². The van der Waals surface area contributed by atoms with Gasteiger partial charge in [-0.05, 0) is 38.8 Å². The van der Waals surface area contributed by atoms with Crippen molar-refractivity contribution >= 4 is 35.2 Å². The molecule has 1 aromatic carbocycles. The Morgan fingerprint density at radius 3 is 1.93 bits per heavy atom. The van der Waals surface area contributed by atoms with Crippen molar-refractivity contribution in [1.29, 1.82) is 0 Å². The van der Waals surface area contributed by atoms with Gasteiger partial charge in [0.05, 0.1) is 48.9 Å². The highest BCUT2D eigenvalue weighted by Gasteiger charge is 2.52. The number of fused-ring (bicyclic) bond motifs is 1. The number of amides is 2. The number of piperazine rings is 1. The summed E-state index contributed by atoms with van der Waals surface area (Å²) in [6.07, 6.45) is -0.930. The van der Waals surface area contributed by atoms with Gasteiger partial charge in [0.1, 0.15) is 11.6 Å². The first kappa shape index (κ1) is 32.6. The maximum absolute atomic E-state index is 13.9. The SMILES string of the molecule is CC(C)Oc1ccc(F)cc1N1CCN(CC(=O)CN2C(=O)C3CC(O)C(O)CC3C2=O)CC1.O=C(O)/C=C\C(=O)O. The molecule has 42 heavy (non-hydrogen) atoms. The second kappa shape index (κ2) is 14.3. The number of ketones is 1. The van der Waals surface area contributed by atoms with Crippen LogP contribution in [0.4, 0.5) is 10.1 Å². The number of carbonyl (C=O) groups is 5. The minimum Gasteiger partial charge on any atom is -0.489 e. The molecule has 13 nitrogen and oxygen atoms in total. The molecule has 2 heterocycles. The molecule has 3 fully saturated rings. The van der Waals surface area contributed by atoms with E-state index in [4.69, 9.17) is 14.9 Å². The van der Waals surface area contributed by atoms with Crippen molar-refractivity contribution in [2.75, 3.05) is 44.2 Å². The Balaban J connectivity index is 0.000000531. The molecule has 0 aromatic heterocycles. The summed E-state index contributed by atoms with van der Waals surface area (Å²) in [5.74, 6) is -4.71. The largest absolute Gasteiger partial charge is 0.489 e. The molecule has 1 saturated carbocycles. The van der Waals surface area contributed by atoms with E-state index in [9.17, 15) is 38.6 Å². The van der Waals surface area contributed by atoms with Gasteiger partial charge in [-0.15, -0.1) is 0 Å². The van der Waals surface area contributed by atoms with E-state index < -0.39 is 47.8 Å². The summed E-state index contributed by atoms with van der Waals surface area (Å²) in [5.41, 5.74) is 0.680. The van der Waals surface area contributed by atoms with Crippen molar-refractivity contribution in [2.45, 2.75) is 45.0 Å². The molecule has 4 N–H and O–H groups in total. The number of likely N-dealkylation sites (tertiary alicyclic amines) is 1. The van der Waals surface area contributed by atoms with Crippen LogP contribution < -0.4 is 9.64 Å². The number of ether oxygens (including phenoxy) is 1. The Kier molecular flexibility index (Phi) is 11.1. The molecule has 2 amide bonds. The number of Topliss-reactive ketones (excluding diaryl/α,β-unsaturated/α-hetero) is 1. The minimum absolute atomic E-state index is 0.0334. The Labute approximate surface area is 241 Å². The monoisotopic (exact) mass is 593 g/mol. The molecule has 14 heteroatoms. The zero-order valence-corrected chi connectivity index (χ0v) is 23.4. The molecule has 4 rings (SSSR count). The number of hydrogen-bond donors (Lipinski definition) is 4. The summed E-state index contributed by atoms with van der Waals surface area (Å²) in [7, 11) is 0. The van der Waals surface area contributed by atoms with Crippen molar-refractivity contribution < 1.29 is 53.5 Å². The Bertz CT molecular complexity index is 1170. The van der Waals surface area contributed by atoms with E-state index in [-0.39, 0.29) is 43.6 Å². The molecule has 4 atom stereocenters. The molecule has 230 valence electrons. The standard InChI is InChI=1S/C24H32FN3O6.C4H4O4/c1-14(2)34-22-4-3-15(25)9-19(22)27-7-5-26(6-8-27)12-16(29)13-28-23(32)17-10-20(30)21(31)11-18(17)24(28)33;5-3(6)1-2-4(7)8/h3-4,9,14,17-18,20-21,30-31H,5-8,10-13H2,1-2H3;1-2H,(H,5,6)(H,7,8)/b;2-1-. The number of imide groups is 1. The number of rotatable bonds is 9. The van der Waals surface area contributed by atoms with Gasteiger partial charge in [0.15, 0.2) is 5.78 Å². The molecule has 2 aliphatic heterocycles. The van der Waals surface area contributed by atoms with Crippen LogP contribution in [0.15, 0.2) is 30.4 Å². The second-order valence-electron chi connectivity index (χ2n) is 10.7. The van der Waals surface area contributed by atoms with Crippen molar-refractivity contribution in [3.05, 3.63) is 36.2 Å². The predicted octanol–water partition coefficient (Wildman–Crippen LogP) is 0.133. The lowest BCUT2D eigenvalue weighted by molar-refractivity contribution is -0.143. The van der Waals surface area contributed by atoms with Gasteiger partial charge in [-0.25, -0.2) is 14.0 Å². The van der Waals surface area contributed by atoms with Crippen LogP contribution >= 0.6 is 0 Å². The molecule has 1 aromatic rings. The number of carboxylic acids is 2. The highest BCUT2D eigenvalue weighted by Crippen LogP contribution is 2.38. The highest BCUT2D eigenvalue weighted by molar-refractivity contribution is 6.07. The maximum Gasteiger partial charge on any atom is 0.328 e. The number of aliphatic hydroxyl groups is 2. The number of carboxylic acid groups (broad SMARTS) is 2. The molecular formula is C28H36FN3O10. The number of aliphatic carboxylic acids is 2. The first-order valence-corrected chi connectivity index (χ1v) is 13.6. The van der Waals surface area contributed by atoms with E-state index in [1.54, 1.807) is 6.07 Å². The third kappa shape index (κ3) is 8.57. The topological polar surface area (TPSA) is 185 Å². The average molecular weight is 594 g/mol. The van der Waals surface area contributed by atoms with E-state index in [1.165, 1.54) is 12.1 Å². The molecule has 0 spiro atoms. The quantitative estimate of drug-likeness (QED) is 0.224. The number of halogens is 1. The van der Waals surface area contributed by atoms with Crippen molar-refractivity contribution in [2.24, 2.45) is 11.8 Å². The molecule has 1 aliphatic carbocycles. The fraction of sp³-hybridized carbons (Fsp3) is 0.536. The number of anilines is 1. The van der Waals surface area contributed by atoms with E-state index in [1.807, 2.05) is 23.6 Å². The fourth-order valence-electron chi connectivity index (χ4n) is 5.23. The highest BCUT2D eigenvalue weighted by atomic mass is 19.1. The lowest BCUT2D eigenvalue weighted by atomic mass is 9.78. The summed E-state index contributed by atoms with van der Waals surface area (Å²) in [5, 5.41) is 35.3. The van der Waals surface area contributed by atoms with E-state index >= 15 is 0 Å². The van der Waals surface area contributed by atoms with Crippen molar-refractivity contribution in [3.8, 4) is 5.75 Å². The maximum atomic E-state index is 13.9. The molecule has 0 bridgehead atoms. The molecule has 4 unspecified atom stereocenters. The lowest BCUT2D eigenvalue weighted by Crippen LogP contribution is -2.49. The Morgan fingerprint density at radius 2 is 1.45 bits per heavy atom. The van der Waals surface area contributed by atoms with Gasteiger partial charge in [0.25, 0.3) is 0 Å². The number of nitrogens with zero attached hydrogens (tertiary/aromatic N) is 3. The molecule has 2 saturated heterocycles. The van der Waals surface area contributed by atoms with Crippen LogP contribution in [0.3, 0.4) is 0 Å². The summed E-state index contributed by atoms with van der Waals surface area (Å²) < 4.78 is 19.7. The third-order valence-corrected chi connectivity index (χ3v) is 7.19. The summed E-state index contributed by atoms with van der Waals surface area (Å²) in [6.45, 7) is 5.90. The molecule has 3 aliphatic rings. The van der Waals surface area contributed by atoms with E-state index in [0.717, 1.165) is 4.90 Å². The van der Waals surface area contributed by atoms with Gasteiger partial charge in [0.2, 0.25) is 11.8 Å². The zero-order valence-electron chi connectivity index (χ0n) is 23.4. The Morgan fingerprint density at radius 1 is 0.929 bits per heavy atom. The third-order valence-electron chi connectivity index (χ3n) is 7.19. The first-order valence-electron chi connectivity index (χ1n) is 13.6. The van der Waals surface area contributed by atoms with E-state index in [0.29, 0.717) is 49.8 Å². The van der Waals surface area contributed by atoms with Crippen LogP contribution in [0, 0.1) is 17.7 Å². The second-order valence-corrected chi connectivity index (χ2v) is 10.7. The average Bonchev–Trinajstić information content (AvgIpc) is 3.13. The minimum atomic E-state index is -1.26. The van der Waals surface area contributed by atoms with Crippen molar-refractivity contribution in [3.63, 3.8) is 0 Å². The van der Waals surface area contributed by atoms with Crippen LogP contribution in [-0.2, 0) is 24.0 Å². The van der Waals surface area contributed by atoms with E-state index in [2.05, 4.69) is 0 Å². The number of benzene rings is 1. The summed E-state index contributed by atoms with van der Waals surface area (Å²) >= 11 is 0. The van der Waals surface area contributed by atoms with Crippen LogP contribution in [0.25, 0.3) is 0 Å². The van der Waals surface area contributed by atoms with Crippen LogP contribution in [0.1, 0.15) is 26.7 Å². The van der Waals surface area contributed by atoms with Crippen molar-refractivity contribution in [1.82, 2.24) is 9.80 Å². The Hall–Kier alpha value is -3.88. The van der Waals surface area contributed by atoms with Gasteiger partial charge >= 0.3 is 11.9 Å². The zero-order chi connectivity index (χ0) is 31.1. The smallest absolute Gasteiger partial charge is 0.328 e. The van der Waals surface area contributed by atoms with Gasteiger partial charge in [-0.1, -0.05) is 0 Å². The lowest BCUT2D eigenvalue weighted by Gasteiger charge is -2.36. The van der Waals surface area contributed by atoms with Gasteiger partial charge in [0, 0.05) is 44.4 Å². The summed E-state index contributed by atoms with van der Waals surface area (Å²) in [4.78, 5) is 62.1. The van der Waals surface area contributed by atoms with Crippen LogP contribution in [-0.4, -0.2) is 117 Å². The first-order chi connectivity index (χ1) is 19.8. The van der Waals surface area contributed by atoms with Crippen LogP contribution in [0.5, 0.6) is 5.75 Å². The number of aliphatic hydroxyl groups excluding tert-OH is 2. The predicted molar refractivity (Wildman–Crippen MR) is 145 cm³/mol. The summed E-state index contributed by atoms with van der Waals surface area (Å²) in [6, 6.07) is 4.45. The number of hydrogen-bond acceptors (Lipinski definition) is 10. The van der Waals surface area contributed by atoms with Crippen LogP contribution in [0.2, 0.25) is 0 Å². The van der Waals surface area contributed by atoms with Gasteiger partial charge in [-0.3, -0.25) is 24.2 Å². The van der Waals surface area contributed by atoms with Gasteiger partial charge in [-0.2, -0.15) is 0 Å². The fourth-order valence-corrected chi connectivity index (χ4v) is 5.23. The normalized spacial score (nSPS) is 24.4. The molecule has 0 radical (unpaired) electrons. The number of carbonyl (C=O) groups excluding carboxylic acids is 3.